The minimum atomic E-state index is -4.24. The number of nitrogens with zero attached hydrogens (tertiary/aromatic N) is 2. The van der Waals surface area contributed by atoms with Crippen LogP contribution < -0.4 is 19.1 Å². The Balaban J connectivity index is 2.06. The van der Waals surface area contributed by atoms with Crippen LogP contribution in [0.15, 0.2) is 77.7 Å². The summed E-state index contributed by atoms with van der Waals surface area (Å²) in [6.07, 6.45) is 0.356. The van der Waals surface area contributed by atoms with Crippen molar-refractivity contribution in [2.24, 2.45) is 5.92 Å². The van der Waals surface area contributed by atoms with Crippen LogP contribution in [0.5, 0.6) is 11.5 Å². The summed E-state index contributed by atoms with van der Waals surface area (Å²) in [4.78, 5) is 28.9. The first-order valence-corrected chi connectivity index (χ1v) is 15.4. The zero-order chi connectivity index (χ0) is 30.9. The molecule has 42 heavy (non-hydrogen) atoms. The highest BCUT2D eigenvalue weighted by molar-refractivity contribution is 7.92. The first kappa shape index (κ1) is 32.5. The smallest absolute Gasteiger partial charge is 0.264 e. The molecule has 0 aliphatic carbocycles. The van der Waals surface area contributed by atoms with E-state index in [4.69, 9.17) is 9.47 Å². The molecule has 3 aromatic rings. The maximum Gasteiger partial charge on any atom is 0.264 e. The summed E-state index contributed by atoms with van der Waals surface area (Å²) in [7, 11) is -1.36. The molecular weight excluding hydrogens is 554 g/mol. The van der Waals surface area contributed by atoms with E-state index in [9.17, 15) is 18.0 Å². The summed E-state index contributed by atoms with van der Waals surface area (Å²) < 4.78 is 39.9. The highest BCUT2D eigenvalue weighted by atomic mass is 32.2. The molecule has 0 aliphatic heterocycles. The van der Waals surface area contributed by atoms with Crippen molar-refractivity contribution >= 4 is 27.5 Å². The molecule has 0 saturated heterocycles. The van der Waals surface area contributed by atoms with Crippen LogP contribution in [0.3, 0.4) is 0 Å². The Morgan fingerprint density at radius 1 is 0.905 bits per heavy atom. The van der Waals surface area contributed by atoms with Gasteiger partial charge in [-0.15, -0.1) is 0 Å². The van der Waals surface area contributed by atoms with Gasteiger partial charge in [0, 0.05) is 19.2 Å². The summed E-state index contributed by atoms with van der Waals surface area (Å²) in [5, 5.41) is 2.94. The lowest BCUT2D eigenvalue weighted by Gasteiger charge is -2.33. The largest absolute Gasteiger partial charge is 0.493 e. The van der Waals surface area contributed by atoms with Gasteiger partial charge in [-0.1, -0.05) is 68.8 Å². The van der Waals surface area contributed by atoms with Crippen molar-refractivity contribution in [3.63, 3.8) is 0 Å². The first-order chi connectivity index (χ1) is 20.0. The Hall–Kier alpha value is -4.05. The molecule has 3 rings (SSSR count). The van der Waals surface area contributed by atoms with Gasteiger partial charge in [-0.3, -0.25) is 13.9 Å². The molecule has 1 atom stereocenters. The van der Waals surface area contributed by atoms with Crippen LogP contribution in [0.25, 0.3) is 0 Å². The number of carbonyl (C=O) groups is 2. The maximum absolute atomic E-state index is 14.2. The Morgan fingerprint density at radius 3 is 2.19 bits per heavy atom. The van der Waals surface area contributed by atoms with Crippen LogP contribution in [0, 0.1) is 12.8 Å². The van der Waals surface area contributed by atoms with Gasteiger partial charge in [0.2, 0.25) is 11.8 Å². The van der Waals surface area contributed by atoms with Crippen LogP contribution in [-0.2, 0) is 26.2 Å². The Labute approximate surface area is 249 Å². The fraction of sp³-hybridized carbons (Fsp3) is 0.375. The number of ether oxygens (including phenoxy) is 2. The van der Waals surface area contributed by atoms with E-state index in [1.807, 2.05) is 52.0 Å². The number of hydrogen-bond donors (Lipinski definition) is 1. The molecule has 226 valence electrons. The number of carbonyl (C=O) groups excluding carboxylic acids is 2. The second-order valence-electron chi connectivity index (χ2n) is 10.4. The highest BCUT2D eigenvalue weighted by Crippen LogP contribution is 2.32. The lowest BCUT2D eigenvalue weighted by Crippen LogP contribution is -2.52. The molecular formula is C32H41N3O6S. The zero-order valence-electron chi connectivity index (χ0n) is 25.2. The monoisotopic (exact) mass is 595 g/mol. The lowest BCUT2D eigenvalue weighted by molar-refractivity contribution is -0.140. The van der Waals surface area contributed by atoms with Crippen molar-refractivity contribution in [2.45, 2.75) is 51.6 Å². The van der Waals surface area contributed by atoms with Gasteiger partial charge in [0.25, 0.3) is 10.0 Å². The second kappa shape index (κ2) is 14.7. The van der Waals surface area contributed by atoms with E-state index in [-0.39, 0.29) is 29.0 Å². The number of para-hydroxylation sites is 1. The zero-order valence-corrected chi connectivity index (χ0v) is 26.0. The van der Waals surface area contributed by atoms with Gasteiger partial charge in [-0.25, -0.2) is 8.42 Å². The van der Waals surface area contributed by atoms with E-state index >= 15 is 0 Å². The number of aryl methyl sites for hydroxylation is 1. The predicted molar refractivity (Wildman–Crippen MR) is 164 cm³/mol. The van der Waals surface area contributed by atoms with Gasteiger partial charge < -0.3 is 19.7 Å². The number of sulfonamides is 1. The number of anilines is 1. The summed E-state index contributed by atoms with van der Waals surface area (Å²) in [6, 6.07) is 19.6. The standard InChI is InChI=1S/C32H41N3O6S/c1-7-28(32(37)33-20-23(2)3)34(21-25-13-11-12-24(4)18-25)31(36)22-35(26-14-9-8-10-15-26)42(38,39)27-16-17-29(40-5)30(19-27)41-6/h8-19,23,28H,7,20-22H2,1-6H3,(H,33,37)/t28-/m1/s1. The van der Waals surface area contributed by atoms with Crippen molar-refractivity contribution in [2.75, 3.05) is 31.6 Å². The first-order valence-electron chi connectivity index (χ1n) is 13.9. The average Bonchev–Trinajstić information content (AvgIpc) is 2.98. The molecule has 0 spiro atoms. The van der Waals surface area contributed by atoms with Crippen molar-refractivity contribution < 1.29 is 27.5 Å². The van der Waals surface area contributed by atoms with E-state index in [2.05, 4.69) is 5.32 Å². The third-order valence-corrected chi connectivity index (χ3v) is 8.54. The molecule has 0 radical (unpaired) electrons. The molecule has 0 unspecified atom stereocenters. The third kappa shape index (κ3) is 8.03. The van der Waals surface area contributed by atoms with Gasteiger partial charge in [-0.2, -0.15) is 0 Å². The average molecular weight is 596 g/mol. The topological polar surface area (TPSA) is 105 Å². The van der Waals surface area contributed by atoms with E-state index < -0.39 is 28.5 Å². The minimum absolute atomic E-state index is 0.0660. The van der Waals surface area contributed by atoms with Crippen molar-refractivity contribution in [3.8, 4) is 11.5 Å². The molecule has 0 aliphatic rings. The number of nitrogens with one attached hydrogen (secondary N) is 1. The normalized spacial score (nSPS) is 12.0. The van der Waals surface area contributed by atoms with Gasteiger partial charge >= 0.3 is 0 Å². The van der Waals surface area contributed by atoms with Gasteiger partial charge in [0.05, 0.1) is 24.8 Å². The van der Waals surface area contributed by atoms with Crippen molar-refractivity contribution in [1.82, 2.24) is 10.2 Å². The summed E-state index contributed by atoms with van der Waals surface area (Å²) >= 11 is 0. The molecule has 2 amide bonds. The fourth-order valence-corrected chi connectivity index (χ4v) is 6.01. The molecule has 10 heteroatoms. The maximum atomic E-state index is 14.2. The van der Waals surface area contributed by atoms with Gasteiger partial charge in [0.1, 0.15) is 12.6 Å². The molecule has 9 nitrogen and oxygen atoms in total. The second-order valence-corrected chi connectivity index (χ2v) is 12.3. The molecule has 0 heterocycles. The summed E-state index contributed by atoms with van der Waals surface area (Å²) in [6.45, 7) is 7.88. The SMILES string of the molecule is CC[C@H](C(=O)NCC(C)C)N(Cc1cccc(C)c1)C(=O)CN(c1ccccc1)S(=O)(=O)c1ccc(OC)c(OC)c1. The summed E-state index contributed by atoms with van der Waals surface area (Å²) in [5.74, 6) is 0.0675. The van der Waals surface area contributed by atoms with E-state index in [0.717, 1.165) is 15.4 Å². The number of benzene rings is 3. The van der Waals surface area contributed by atoms with Gasteiger partial charge in [0.15, 0.2) is 11.5 Å². The molecule has 0 fully saturated rings. The fourth-order valence-electron chi connectivity index (χ4n) is 4.58. The number of hydrogen-bond acceptors (Lipinski definition) is 6. The van der Waals surface area contributed by atoms with Crippen molar-refractivity contribution in [1.29, 1.82) is 0 Å². The van der Waals surface area contributed by atoms with Crippen LogP contribution in [0.2, 0.25) is 0 Å². The van der Waals surface area contributed by atoms with E-state index in [1.165, 1.54) is 37.3 Å². The highest BCUT2D eigenvalue weighted by Gasteiger charge is 2.34. The van der Waals surface area contributed by atoms with Crippen molar-refractivity contribution in [3.05, 3.63) is 83.9 Å². The molecule has 0 aromatic heterocycles. The van der Waals surface area contributed by atoms with Crippen LogP contribution in [0.4, 0.5) is 5.69 Å². The molecule has 1 N–H and O–H groups in total. The molecule has 0 bridgehead atoms. The van der Waals surface area contributed by atoms with Gasteiger partial charge in [-0.05, 0) is 49.1 Å². The number of rotatable bonds is 14. The third-order valence-electron chi connectivity index (χ3n) is 6.77. The number of methoxy groups -OCH3 is 2. The van der Waals surface area contributed by atoms with E-state index in [0.29, 0.717) is 24.4 Å². The molecule has 0 saturated carbocycles. The number of amides is 2. The Kier molecular flexibility index (Phi) is 11.4. The Morgan fingerprint density at radius 2 is 1.60 bits per heavy atom. The molecule has 3 aromatic carbocycles. The minimum Gasteiger partial charge on any atom is -0.493 e. The lowest BCUT2D eigenvalue weighted by atomic mass is 10.1. The van der Waals surface area contributed by atoms with E-state index in [1.54, 1.807) is 30.3 Å². The van der Waals surface area contributed by atoms with Crippen LogP contribution in [0.1, 0.15) is 38.3 Å². The Bertz CT molecular complexity index is 1460. The van der Waals surface area contributed by atoms with Crippen LogP contribution >= 0.6 is 0 Å². The summed E-state index contributed by atoms with van der Waals surface area (Å²) in [5.41, 5.74) is 2.17. The van der Waals surface area contributed by atoms with Crippen LogP contribution in [-0.4, -0.2) is 58.5 Å². The quantitative estimate of drug-likeness (QED) is 0.288. The predicted octanol–water partition coefficient (Wildman–Crippen LogP) is 4.79.